The van der Waals surface area contributed by atoms with Gasteiger partial charge in [-0.15, -0.1) is 0 Å². The van der Waals surface area contributed by atoms with E-state index in [0.29, 0.717) is 17.0 Å². The second-order valence-corrected chi connectivity index (χ2v) is 5.04. The normalized spacial score (nSPS) is 11.1. The van der Waals surface area contributed by atoms with Crippen LogP contribution in [0.1, 0.15) is 18.1 Å². The Labute approximate surface area is 134 Å². The van der Waals surface area contributed by atoms with Crippen molar-refractivity contribution in [3.05, 3.63) is 53.6 Å². The van der Waals surface area contributed by atoms with Gasteiger partial charge >= 0.3 is 0 Å². The number of carbonyl (C=O) groups excluding carboxylic acids is 1. The summed E-state index contributed by atoms with van der Waals surface area (Å²) >= 11 is 0. The van der Waals surface area contributed by atoms with E-state index in [-0.39, 0.29) is 18.1 Å². The maximum Gasteiger partial charge on any atom is 0.277 e. The van der Waals surface area contributed by atoms with Gasteiger partial charge in [0.1, 0.15) is 17.2 Å². The van der Waals surface area contributed by atoms with Crippen LogP contribution in [0.25, 0.3) is 0 Å². The molecule has 6 heteroatoms. The molecule has 0 radical (unpaired) electrons. The van der Waals surface area contributed by atoms with Gasteiger partial charge in [-0.25, -0.2) is 5.43 Å². The average molecular weight is 314 g/mol. The van der Waals surface area contributed by atoms with Crippen LogP contribution in [0.15, 0.2) is 47.6 Å². The van der Waals surface area contributed by atoms with E-state index in [1.165, 1.54) is 18.2 Å². The average Bonchev–Trinajstić information content (AvgIpc) is 2.53. The Balaban J connectivity index is 1.93. The van der Waals surface area contributed by atoms with Crippen molar-refractivity contribution in [2.45, 2.75) is 13.8 Å². The van der Waals surface area contributed by atoms with Crippen molar-refractivity contribution in [2.75, 3.05) is 6.61 Å². The van der Waals surface area contributed by atoms with Crippen LogP contribution in [0.3, 0.4) is 0 Å². The predicted molar refractivity (Wildman–Crippen MR) is 86.8 cm³/mol. The lowest BCUT2D eigenvalue weighted by Gasteiger charge is -2.07. The highest BCUT2D eigenvalue weighted by Gasteiger charge is 2.07. The smallest absolute Gasteiger partial charge is 0.277 e. The van der Waals surface area contributed by atoms with Crippen LogP contribution < -0.4 is 10.2 Å². The molecule has 0 heterocycles. The second kappa shape index (κ2) is 7.31. The fourth-order valence-corrected chi connectivity index (χ4v) is 1.91. The molecule has 23 heavy (non-hydrogen) atoms. The maximum atomic E-state index is 11.7. The van der Waals surface area contributed by atoms with Gasteiger partial charge in [-0.1, -0.05) is 12.1 Å². The van der Waals surface area contributed by atoms with E-state index < -0.39 is 5.91 Å². The summed E-state index contributed by atoms with van der Waals surface area (Å²) in [5, 5.41) is 23.0. The molecule has 0 fully saturated rings. The molecule has 2 aromatic rings. The van der Waals surface area contributed by atoms with Crippen molar-refractivity contribution in [1.82, 2.24) is 5.43 Å². The van der Waals surface area contributed by atoms with E-state index >= 15 is 0 Å². The standard InChI is InChI=1S/C17H18N2O4/c1-11-4-3-5-14(8-11)23-10-17(22)19-18-12(2)15-9-13(20)6-7-16(15)21/h3-9,20-21H,10H2,1-2H3,(H,19,22). The van der Waals surface area contributed by atoms with Crippen molar-refractivity contribution < 1.29 is 19.7 Å². The van der Waals surface area contributed by atoms with Crippen molar-refractivity contribution >= 4 is 11.6 Å². The minimum Gasteiger partial charge on any atom is -0.508 e. The van der Waals surface area contributed by atoms with E-state index in [4.69, 9.17) is 4.74 Å². The van der Waals surface area contributed by atoms with Crippen LogP contribution in [0.2, 0.25) is 0 Å². The zero-order valence-corrected chi connectivity index (χ0v) is 12.9. The number of phenols is 2. The molecule has 6 nitrogen and oxygen atoms in total. The first kappa shape index (κ1) is 16.4. The van der Waals surface area contributed by atoms with E-state index in [9.17, 15) is 15.0 Å². The number of nitrogens with one attached hydrogen (secondary N) is 1. The lowest BCUT2D eigenvalue weighted by atomic mass is 10.1. The molecule has 0 aliphatic heterocycles. The van der Waals surface area contributed by atoms with Gasteiger partial charge < -0.3 is 14.9 Å². The van der Waals surface area contributed by atoms with Crippen LogP contribution >= 0.6 is 0 Å². The number of aromatic hydroxyl groups is 2. The van der Waals surface area contributed by atoms with Gasteiger partial charge in [0.25, 0.3) is 5.91 Å². The van der Waals surface area contributed by atoms with Gasteiger partial charge in [0.2, 0.25) is 0 Å². The minimum atomic E-state index is -0.425. The summed E-state index contributed by atoms with van der Waals surface area (Å²) in [6.07, 6.45) is 0. The Morgan fingerprint density at radius 2 is 2.00 bits per heavy atom. The third-order valence-corrected chi connectivity index (χ3v) is 3.08. The number of rotatable bonds is 5. The molecule has 0 aliphatic carbocycles. The summed E-state index contributed by atoms with van der Waals surface area (Å²) in [7, 11) is 0. The molecular formula is C17H18N2O4. The number of phenolic OH excluding ortho intramolecular Hbond substituents is 2. The number of benzene rings is 2. The Morgan fingerprint density at radius 3 is 2.74 bits per heavy atom. The molecule has 3 N–H and O–H groups in total. The topological polar surface area (TPSA) is 91.2 Å². The quantitative estimate of drug-likeness (QED) is 0.449. The van der Waals surface area contributed by atoms with Crippen LogP contribution in [-0.4, -0.2) is 28.4 Å². The molecule has 0 aliphatic rings. The minimum absolute atomic E-state index is 0.00135. The number of hydrogen-bond donors (Lipinski definition) is 3. The molecular weight excluding hydrogens is 296 g/mol. The monoisotopic (exact) mass is 314 g/mol. The molecule has 0 saturated carbocycles. The van der Waals surface area contributed by atoms with Gasteiger partial charge in [0.15, 0.2) is 6.61 Å². The van der Waals surface area contributed by atoms with Gasteiger partial charge in [-0.3, -0.25) is 4.79 Å². The van der Waals surface area contributed by atoms with Gasteiger partial charge in [0.05, 0.1) is 5.71 Å². The Bertz CT molecular complexity index is 741. The van der Waals surface area contributed by atoms with Crippen molar-refractivity contribution in [2.24, 2.45) is 5.10 Å². The van der Waals surface area contributed by atoms with E-state index in [2.05, 4.69) is 10.5 Å². The van der Waals surface area contributed by atoms with E-state index in [1.54, 1.807) is 13.0 Å². The molecule has 0 spiro atoms. The summed E-state index contributed by atoms with van der Waals surface area (Å²) < 4.78 is 5.36. The number of hydrogen-bond acceptors (Lipinski definition) is 5. The highest BCUT2D eigenvalue weighted by molar-refractivity contribution is 6.01. The number of carbonyl (C=O) groups is 1. The SMILES string of the molecule is CC(=NNC(=O)COc1cccc(C)c1)c1cc(O)ccc1O. The largest absolute Gasteiger partial charge is 0.508 e. The number of amides is 1. The lowest BCUT2D eigenvalue weighted by molar-refractivity contribution is -0.123. The zero-order valence-electron chi connectivity index (χ0n) is 12.9. The first-order chi connectivity index (χ1) is 11.0. The van der Waals surface area contributed by atoms with Crippen molar-refractivity contribution in [1.29, 1.82) is 0 Å². The van der Waals surface area contributed by atoms with Crippen LogP contribution in [0.4, 0.5) is 0 Å². The molecule has 0 atom stereocenters. The van der Waals surface area contributed by atoms with Crippen molar-refractivity contribution in [3.63, 3.8) is 0 Å². The van der Waals surface area contributed by atoms with Gasteiger partial charge in [0, 0.05) is 5.56 Å². The number of nitrogens with zero attached hydrogens (tertiary/aromatic N) is 1. The van der Waals surface area contributed by atoms with E-state index in [1.807, 2.05) is 25.1 Å². The Kier molecular flexibility index (Phi) is 5.19. The highest BCUT2D eigenvalue weighted by Crippen LogP contribution is 2.22. The fraction of sp³-hybridized carbons (Fsp3) is 0.176. The predicted octanol–water partition coefficient (Wildman–Crippen LogP) is 2.33. The Hall–Kier alpha value is -3.02. The van der Waals surface area contributed by atoms with Crippen LogP contribution in [0.5, 0.6) is 17.2 Å². The summed E-state index contributed by atoms with van der Waals surface area (Å²) in [4.78, 5) is 11.7. The molecule has 120 valence electrons. The van der Waals surface area contributed by atoms with Gasteiger partial charge in [-0.05, 0) is 49.7 Å². The third kappa shape index (κ3) is 4.74. The zero-order chi connectivity index (χ0) is 16.8. The van der Waals surface area contributed by atoms with Crippen LogP contribution in [0, 0.1) is 6.92 Å². The summed E-state index contributed by atoms with van der Waals surface area (Å²) in [6, 6.07) is 11.4. The first-order valence-electron chi connectivity index (χ1n) is 7.00. The van der Waals surface area contributed by atoms with Crippen molar-refractivity contribution in [3.8, 4) is 17.2 Å². The number of aryl methyl sites for hydroxylation is 1. The summed E-state index contributed by atoms with van der Waals surface area (Å²) in [5.74, 6) is 0.146. The fourth-order valence-electron chi connectivity index (χ4n) is 1.91. The molecule has 0 aromatic heterocycles. The first-order valence-corrected chi connectivity index (χ1v) is 7.00. The Morgan fingerprint density at radius 1 is 1.22 bits per heavy atom. The highest BCUT2D eigenvalue weighted by atomic mass is 16.5. The number of hydrazone groups is 1. The van der Waals surface area contributed by atoms with E-state index in [0.717, 1.165) is 5.56 Å². The van der Waals surface area contributed by atoms with Crippen LogP contribution in [-0.2, 0) is 4.79 Å². The lowest BCUT2D eigenvalue weighted by Crippen LogP contribution is -2.25. The summed E-state index contributed by atoms with van der Waals surface area (Å²) in [5.41, 5.74) is 4.08. The molecule has 0 bridgehead atoms. The maximum absolute atomic E-state index is 11.7. The molecule has 0 saturated heterocycles. The van der Waals surface area contributed by atoms with Gasteiger partial charge in [-0.2, -0.15) is 5.10 Å². The summed E-state index contributed by atoms with van der Waals surface area (Å²) in [6.45, 7) is 3.37. The second-order valence-electron chi connectivity index (χ2n) is 5.04. The molecule has 1 amide bonds. The molecule has 2 aromatic carbocycles. The molecule has 0 unspecified atom stereocenters. The number of ether oxygens (including phenoxy) is 1. The third-order valence-electron chi connectivity index (χ3n) is 3.08. The molecule has 2 rings (SSSR count).